The molecule has 1 aromatic rings. The van der Waals surface area contributed by atoms with E-state index in [-0.39, 0.29) is 11.4 Å². The van der Waals surface area contributed by atoms with Crippen LogP contribution in [0.3, 0.4) is 0 Å². The van der Waals surface area contributed by atoms with Gasteiger partial charge >= 0.3 is 0 Å². The van der Waals surface area contributed by atoms with Gasteiger partial charge in [-0.05, 0) is 63.0 Å². The predicted octanol–water partition coefficient (Wildman–Crippen LogP) is 2.66. The molecule has 0 saturated heterocycles. The average molecular weight is 302 g/mol. The van der Waals surface area contributed by atoms with Crippen LogP contribution in [-0.4, -0.2) is 27.3 Å². The van der Waals surface area contributed by atoms with E-state index in [1.165, 1.54) is 12.1 Å². The lowest BCUT2D eigenvalue weighted by Gasteiger charge is -2.09. The topological polar surface area (TPSA) is 58.2 Å². The van der Waals surface area contributed by atoms with Crippen molar-refractivity contribution in [2.45, 2.75) is 33.1 Å². The molecular weight excluding hydrogens is 279 g/mol. The molecule has 114 valence electrons. The number of benzene rings is 1. The number of rotatable bonds is 9. The summed E-state index contributed by atoms with van der Waals surface area (Å²) in [5, 5.41) is 3.22. The minimum absolute atomic E-state index is 0.0520. The SMILES string of the molecule is CCCNCCCCS(=O)(=O)Nc1cc(C)cc(F)c1. The lowest BCUT2D eigenvalue weighted by Crippen LogP contribution is -2.20. The van der Waals surface area contributed by atoms with Crippen LogP contribution in [-0.2, 0) is 10.0 Å². The molecule has 0 aliphatic heterocycles. The molecular formula is C14H23FN2O2S. The molecule has 1 rings (SSSR count). The first-order chi connectivity index (χ1) is 9.43. The number of aryl methyl sites for hydroxylation is 1. The molecule has 0 heterocycles. The van der Waals surface area contributed by atoms with Gasteiger partial charge in [0.25, 0.3) is 0 Å². The summed E-state index contributed by atoms with van der Waals surface area (Å²) >= 11 is 0. The van der Waals surface area contributed by atoms with Crippen LogP contribution in [0.15, 0.2) is 18.2 Å². The maximum atomic E-state index is 13.2. The quantitative estimate of drug-likeness (QED) is 0.690. The van der Waals surface area contributed by atoms with Crippen molar-refractivity contribution in [3.63, 3.8) is 0 Å². The van der Waals surface area contributed by atoms with Crippen LogP contribution < -0.4 is 10.0 Å². The molecule has 4 nitrogen and oxygen atoms in total. The van der Waals surface area contributed by atoms with Crippen molar-refractivity contribution in [1.82, 2.24) is 5.32 Å². The number of hydrogen-bond donors (Lipinski definition) is 2. The number of nitrogens with one attached hydrogen (secondary N) is 2. The average Bonchev–Trinajstić information content (AvgIpc) is 2.31. The smallest absolute Gasteiger partial charge is 0.232 e. The van der Waals surface area contributed by atoms with Crippen LogP contribution in [0.4, 0.5) is 10.1 Å². The Labute approximate surface area is 120 Å². The van der Waals surface area contributed by atoms with Crippen LogP contribution in [0.5, 0.6) is 0 Å². The molecule has 0 aromatic heterocycles. The largest absolute Gasteiger partial charge is 0.317 e. The zero-order valence-electron chi connectivity index (χ0n) is 12.1. The predicted molar refractivity (Wildman–Crippen MR) is 80.9 cm³/mol. The number of sulfonamides is 1. The van der Waals surface area contributed by atoms with Gasteiger partial charge in [0, 0.05) is 0 Å². The highest BCUT2D eigenvalue weighted by Crippen LogP contribution is 2.15. The molecule has 0 aliphatic rings. The Balaban J connectivity index is 2.41. The minimum atomic E-state index is -3.41. The molecule has 0 radical (unpaired) electrons. The monoisotopic (exact) mass is 302 g/mol. The van der Waals surface area contributed by atoms with Gasteiger partial charge in [-0.15, -0.1) is 0 Å². The van der Waals surface area contributed by atoms with E-state index in [2.05, 4.69) is 17.0 Å². The van der Waals surface area contributed by atoms with Gasteiger partial charge in [0.05, 0.1) is 11.4 Å². The Hall–Kier alpha value is -1.14. The van der Waals surface area contributed by atoms with Gasteiger partial charge in [0.15, 0.2) is 0 Å². The lowest BCUT2D eigenvalue weighted by molar-refractivity contribution is 0.590. The highest BCUT2D eigenvalue weighted by atomic mass is 32.2. The highest BCUT2D eigenvalue weighted by molar-refractivity contribution is 7.92. The second-order valence-corrected chi connectivity index (χ2v) is 6.74. The second kappa shape index (κ2) is 8.21. The Morgan fingerprint density at radius 1 is 1.15 bits per heavy atom. The van der Waals surface area contributed by atoms with Gasteiger partial charge in [-0.25, -0.2) is 12.8 Å². The molecule has 0 amide bonds. The van der Waals surface area contributed by atoms with Gasteiger partial charge in [-0.1, -0.05) is 6.92 Å². The molecule has 2 N–H and O–H groups in total. The molecule has 0 aliphatic carbocycles. The molecule has 0 unspecified atom stereocenters. The van der Waals surface area contributed by atoms with Gasteiger partial charge in [-0.2, -0.15) is 0 Å². The van der Waals surface area contributed by atoms with Gasteiger partial charge in [-0.3, -0.25) is 4.72 Å². The maximum Gasteiger partial charge on any atom is 0.232 e. The van der Waals surface area contributed by atoms with Crippen LogP contribution in [0.1, 0.15) is 31.7 Å². The molecule has 6 heteroatoms. The van der Waals surface area contributed by atoms with Crippen LogP contribution >= 0.6 is 0 Å². The summed E-state index contributed by atoms with van der Waals surface area (Å²) in [7, 11) is -3.41. The first-order valence-electron chi connectivity index (χ1n) is 6.91. The van der Waals surface area contributed by atoms with Crippen molar-refractivity contribution in [2.75, 3.05) is 23.6 Å². The number of anilines is 1. The summed E-state index contributed by atoms with van der Waals surface area (Å²) in [6.45, 7) is 5.58. The van der Waals surface area contributed by atoms with Crippen LogP contribution in [0.2, 0.25) is 0 Å². The third-order valence-electron chi connectivity index (χ3n) is 2.76. The Morgan fingerprint density at radius 3 is 2.55 bits per heavy atom. The van der Waals surface area contributed by atoms with Crippen molar-refractivity contribution in [3.05, 3.63) is 29.6 Å². The maximum absolute atomic E-state index is 13.2. The third-order valence-corrected chi connectivity index (χ3v) is 4.13. The third kappa shape index (κ3) is 6.86. The highest BCUT2D eigenvalue weighted by Gasteiger charge is 2.10. The summed E-state index contributed by atoms with van der Waals surface area (Å²) < 4.78 is 39.3. The van der Waals surface area contributed by atoms with Gasteiger partial charge in [0.1, 0.15) is 5.82 Å². The first kappa shape index (κ1) is 16.9. The summed E-state index contributed by atoms with van der Waals surface area (Å²) in [5.74, 6) is -0.387. The standard InChI is InChI=1S/C14H23FN2O2S/c1-3-6-16-7-4-5-8-20(18,19)17-14-10-12(2)9-13(15)11-14/h9-11,16-17H,3-8H2,1-2H3. The molecule has 20 heavy (non-hydrogen) atoms. The van der Waals surface area contributed by atoms with Crippen molar-refractivity contribution in [3.8, 4) is 0 Å². The zero-order chi connectivity index (χ0) is 15.0. The van der Waals surface area contributed by atoms with E-state index in [9.17, 15) is 12.8 Å². The van der Waals surface area contributed by atoms with E-state index < -0.39 is 15.8 Å². The molecule has 1 aromatic carbocycles. The van der Waals surface area contributed by atoms with Crippen LogP contribution in [0, 0.1) is 12.7 Å². The molecule has 0 bridgehead atoms. The van der Waals surface area contributed by atoms with Gasteiger partial charge < -0.3 is 5.32 Å². The van der Waals surface area contributed by atoms with Crippen molar-refractivity contribution < 1.29 is 12.8 Å². The van der Waals surface area contributed by atoms with E-state index in [1.807, 2.05) is 0 Å². The van der Waals surface area contributed by atoms with E-state index in [4.69, 9.17) is 0 Å². The summed E-state index contributed by atoms with van der Waals surface area (Å²) in [4.78, 5) is 0. The van der Waals surface area contributed by atoms with E-state index in [1.54, 1.807) is 13.0 Å². The fourth-order valence-corrected chi connectivity index (χ4v) is 3.03. The van der Waals surface area contributed by atoms with E-state index in [0.29, 0.717) is 12.0 Å². The summed E-state index contributed by atoms with van der Waals surface area (Å²) in [6.07, 6.45) is 2.46. The lowest BCUT2D eigenvalue weighted by atomic mass is 10.2. The van der Waals surface area contributed by atoms with Crippen molar-refractivity contribution in [2.24, 2.45) is 0 Å². The van der Waals surface area contributed by atoms with E-state index in [0.717, 1.165) is 25.9 Å². The number of hydrogen-bond acceptors (Lipinski definition) is 3. The fourth-order valence-electron chi connectivity index (χ4n) is 1.87. The fraction of sp³-hybridized carbons (Fsp3) is 0.571. The summed E-state index contributed by atoms with van der Waals surface area (Å²) in [6, 6.07) is 4.16. The molecule has 0 atom stereocenters. The van der Waals surface area contributed by atoms with Crippen molar-refractivity contribution >= 4 is 15.7 Å². The number of halogens is 1. The first-order valence-corrected chi connectivity index (χ1v) is 8.56. The van der Waals surface area contributed by atoms with Crippen molar-refractivity contribution in [1.29, 1.82) is 0 Å². The zero-order valence-corrected chi connectivity index (χ0v) is 12.9. The molecule has 0 saturated carbocycles. The molecule has 0 spiro atoms. The normalized spacial score (nSPS) is 11.6. The number of unbranched alkanes of at least 4 members (excludes halogenated alkanes) is 1. The summed E-state index contributed by atoms with van der Waals surface area (Å²) in [5.41, 5.74) is 0.970. The molecule has 0 fully saturated rings. The Morgan fingerprint density at radius 2 is 1.90 bits per heavy atom. The van der Waals surface area contributed by atoms with Gasteiger partial charge in [0.2, 0.25) is 10.0 Å². The second-order valence-electron chi connectivity index (χ2n) is 4.90. The minimum Gasteiger partial charge on any atom is -0.317 e. The Bertz CT molecular complexity index is 498. The van der Waals surface area contributed by atoms with Crippen LogP contribution in [0.25, 0.3) is 0 Å². The Kier molecular flexibility index (Phi) is 6.95. The van der Waals surface area contributed by atoms with E-state index >= 15 is 0 Å².